The molecule has 0 radical (unpaired) electrons. The fourth-order valence-electron chi connectivity index (χ4n) is 1.32. The molecular weight excluding hydrogens is 190 g/mol. The fraction of sp³-hybridized carbons (Fsp3) is 0.250. The van der Waals surface area contributed by atoms with Crippen molar-refractivity contribution >= 4 is 5.97 Å². The van der Waals surface area contributed by atoms with Crippen LogP contribution in [0.4, 0.5) is 0 Å². The van der Waals surface area contributed by atoms with E-state index >= 15 is 0 Å². The predicted molar refractivity (Wildman–Crippen MR) is 59.2 cm³/mol. The molecule has 1 aromatic carbocycles. The first-order valence-corrected chi connectivity index (χ1v) is 4.84. The van der Waals surface area contributed by atoms with Gasteiger partial charge in [-0.3, -0.25) is 0 Å². The standard InChI is InChI=1S/C12H15NO2/c1-2-12(14)15-8-7-10-5-3-4-6-11(10)9-13/h2-6H,1,7-9,13H2. The monoisotopic (exact) mass is 205 g/mol. The van der Waals surface area contributed by atoms with Gasteiger partial charge in [0.15, 0.2) is 0 Å². The summed E-state index contributed by atoms with van der Waals surface area (Å²) in [4.78, 5) is 10.8. The zero-order valence-corrected chi connectivity index (χ0v) is 8.61. The van der Waals surface area contributed by atoms with Crippen LogP contribution >= 0.6 is 0 Å². The maximum atomic E-state index is 10.8. The highest BCUT2D eigenvalue weighted by molar-refractivity contribution is 5.81. The van der Waals surface area contributed by atoms with E-state index in [2.05, 4.69) is 6.58 Å². The first-order chi connectivity index (χ1) is 7.27. The second-order valence-electron chi connectivity index (χ2n) is 3.09. The van der Waals surface area contributed by atoms with Gasteiger partial charge in [0.1, 0.15) is 0 Å². The quantitative estimate of drug-likeness (QED) is 0.584. The Balaban J connectivity index is 2.49. The molecule has 0 bridgehead atoms. The summed E-state index contributed by atoms with van der Waals surface area (Å²) >= 11 is 0. The van der Waals surface area contributed by atoms with Crippen LogP contribution in [0.3, 0.4) is 0 Å². The van der Waals surface area contributed by atoms with E-state index in [1.54, 1.807) is 0 Å². The molecule has 0 unspecified atom stereocenters. The van der Waals surface area contributed by atoms with Crippen molar-refractivity contribution in [2.45, 2.75) is 13.0 Å². The minimum absolute atomic E-state index is 0.363. The maximum Gasteiger partial charge on any atom is 0.330 e. The van der Waals surface area contributed by atoms with Crippen LogP contribution in [0.1, 0.15) is 11.1 Å². The second kappa shape index (κ2) is 5.98. The van der Waals surface area contributed by atoms with Gasteiger partial charge in [0.05, 0.1) is 6.61 Å². The van der Waals surface area contributed by atoms with Crippen molar-refractivity contribution in [2.24, 2.45) is 5.73 Å². The summed E-state index contributed by atoms with van der Waals surface area (Å²) in [6, 6.07) is 7.86. The molecule has 0 aliphatic carbocycles. The van der Waals surface area contributed by atoms with Gasteiger partial charge in [-0.1, -0.05) is 30.8 Å². The van der Waals surface area contributed by atoms with Crippen LogP contribution in [0, 0.1) is 0 Å². The Kier molecular flexibility index (Phi) is 4.57. The first-order valence-electron chi connectivity index (χ1n) is 4.84. The highest BCUT2D eigenvalue weighted by atomic mass is 16.5. The normalized spacial score (nSPS) is 9.67. The van der Waals surface area contributed by atoms with Crippen LogP contribution in [0.2, 0.25) is 0 Å². The number of carbonyl (C=O) groups is 1. The third-order valence-electron chi connectivity index (χ3n) is 2.12. The van der Waals surface area contributed by atoms with Crippen molar-refractivity contribution in [1.29, 1.82) is 0 Å². The summed E-state index contributed by atoms with van der Waals surface area (Å²) < 4.78 is 4.90. The van der Waals surface area contributed by atoms with E-state index in [4.69, 9.17) is 10.5 Å². The molecule has 80 valence electrons. The zero-order valence-electron chi connectivity index (χ0n) is 8.61. The molecule has 3 heteroatoms. The minimum atomic E-state index is -0.389. The minimum Gasteiger partial charge on any atom is -0.462 e. The van der Waals surface area contributed by atoms with Crippen molar-refractivity contribution in [3.63, 3.8) is 0 Å². The van der Waals surface area contributed by atoms with Crippen LogP contribution in [-0.2, 0) is 22.5 Å². The Morgan fingerprint density at radius 2 is 2.07 bits per heavy atom. The molecule has 1 aromatic rings. The molecule has 0 amide bonds. The number of hydrogen-bond acceptors (Lipinski definition) is 3. The molecule has 0 aliphatic heterocycles. The predicted octanol–water partition coefficient (Wildman–Crippen LogP) is 1.42. The number of nitrogens with two attached hydrogens (primary N) is 1. The molecule has 0 aliphatic rings. The molecule has 0 fully saturated rings. The van der Waals surface area contributed by atoms with Gasteiger partial charge in [0.2, 0.25) is 0 Å². The van der Waals surface area contributed by atoms with E-state index < -0.39 is 0 Å². The van der Waals surface area contributed by atoms with Crippen LogP contribution in [0.5, 0.6) is 0 Å². The topological polar surface area (TPSA) is 52.3 Å². The number of esters is 1. The lowest BCUT2D eigenvalue weighted by Gasteiger charge is -2.07. The van der Waals surface area contributed by atoms with Crippen molar-refractivity contribution in [3.05, 3.63) is 48.0 Å². The van der Waals surface area contributed by atoms with E-state index in [9.17, 15) is 4.79 Å². The Labute approximate surface area is 89.5 Å². The van der Waals surface area contributed by atoms with Gasteiger partial charge in [0, 0.05) is 19.0 Å². The summed E-state index contributed by atoms with van der Waals surface area (Å²) in [7, 11) is 0. The van der Waals surface area contributed by atoms with Gasteiger partial charge in [-0.05, 0) is 11.1 Å². The largest absolute Gasteiger partial charge is 0.462 e. The highest BCUT2D eigenvalue weighted by Crippen LogP contribution is 2.08. The molecule has 0 saturated heterocycles. The second-order valence-corrected chi connectivity index (χ2v) is 3.09. The molecule has 0 heterocycles. The summed E-state index contributed by atoms with van der Waals surface area (Å²) in [5.41, 5.74) is 7.80. The SMILES string of the molecule is C=CC(=O)OCCc1ccccc1CN. The molecular formula is C12H15NO2. The molecule has 1 rings (SSSR count). The number of benzene rings is 1. The van der Waals surface area contributed by atoms with Crippen LogP contribution in [0.15, 0.2) is 36.9 Å². The van der Waals surface area contributed by atoms with Gasteiger partial charge in [-0.25, -0.2) is 4.79 Å². The molecule has 0 saturated carbocycles. The fourth-order valence-corrected chi connectivity index (χ4v) is 1.32. The maximum absolute atomic E-state index is 10.8. The molecule has 0 aromatic heterocycles. The van der Waals surface area contributed by atoms with Gasteiger partial charge in [-0.2, -0.15) is 0 Å². The number of carbonyl (C=O) groups excluding carboxylic acids is 1. The van der Waals surface area contributed by atoms with Crippen molar-refractivity contribution < 1.29 is 9.53 Å². The van der Waals surface area contributed by atoms with Crippen LogP contribution < -0.4 is 5.73 Å². The Morgan fingerprint density at radius 3 is 2.67 bits per heavy atom. The first kappa shape index (κ1) is 11.5. The Bertz CT molecular complexity index is 347. The third-order valence-corrected chi connectivity index (χ3v) is 2.12. The van der Waals surface area contributed by atoms with Gasteiger partial charge in [-0.15, -0.1) is 0 Å². The smallest absolute Gasteiger partial charge is 0.330 e. The Morgan fingerprint density at radius 1 is 1.40 bits per heavy atom. The van der Waals surface area contributed by atoms with Crippen molar-refractivity contribution in [2.75, 3.05) is 6.61 Å². The molecule has 3 nitrogen and oxygen atoms in total. The Hall–Kier alpha value is -1.61. The van der Waals surface area contributed by atoms with Gasteiger partial charge in [0.25, 0.3) is 0 Å². The highest BCUT2D eigenvalue weighted by Gasteiger charge is 2.01. The lowest BCUT2D eigenvalue weighted by molar-refractivity contribution is -0.137. The van der Waals surface area contributed by atoms with Crippen LogP contribution in [-0.4, -0.2) is 12.6 Å². The van der Waals surface area contributed by atoms with E-state index in [1.165, 1.54) is 0 Å². The van der Waals surface area contributed by atoms with Crippen molar-refractivity contribution in [3.8, 4) is 0 Å². The van der Waals surface area contributed by atoms with E-state index in [-0.39, 0.29) is 5.97 Å². The number of hydrogen-bond donors (Lipinski definition) is 1. The number of ether oxygens (including phenoxy) is 1. The average Bonchev–Trinajstić information content (AvgIpc) is 2.29. The number of rotatable bonds is 5. The summed E-state index contributed by atoms with van der Waals surface area (Å²) in [5.74, 6) is -0.389. The third kappa shape index (κ3) is 3.56. The van der Waals surface area contributed by atoms with Crippen molar-refractivity contribution in [1.82, 2.24) is 0 Å². The lowest BCUT2D eigenvalue weighted by atomic mass is 10.1. The average molecular weight is 205 g/mol. The van der Waals surface area contributed by atoms with Gasteiger partial charge >= 0.3 is 5.97 Å². The van der Waals surface area contributed by atoms with E-state index in [1.807, 2.05) is 24.3 Å². The van der Waals surface area contributed by atoms with Crippen LogP contribution in [0.25, 0.3) is 0 Å². The summed E-state index contributed by atoms with van der Waals surface area (Å²) in [6.07, 6.45) is 1.85. The molecule has 15 heavy (non-hydrogen) atoms. The summed E-state index contributed by atoms with van der Waals surface area (Å²) in [6.45, 7) is 4.19. The van der Waals surface area contributed by atoms with Gasteiger partial charge < -0.3 is 10.5 Å². The summed E-state index contributed by atoms with van der Waals surface area (Å²) in [5, 5.41) is 0. The molecule has 0 spiro atoms. The molecule has 0 atom stereocenters. The van der Waals surface area contributed by atoms with E-state index in [0.29, 0.717) is 19.6 Å². The van der Waals surface area contributed by atoms with E-state index in [0.717, 1.165) is 17.2 Å². The zero-order chi connectivity index (χ0) is 11.1. The lowest BCUT2D eigenvalue weighted by Crippen LogP contribution is -2.07. The molecule has 2 N–H and O–H groups in total.